The zero-order valence-electron chi connectivity index (χ0n) is 20.6. The van der Waals surface area contributed by atoms with Gasteiger partial charge in [0.1, 0.15) is 17.3 Å². The Morgan fingerprint density at radius 3 is 2.29 bits per heavy atom. The third-order valence-corrected chi connectivity index (χ3v) is 5.83. The molecule has 0 bridgehead atoms. The monoisotopic (exact) mass is 526 g/mol. The third-order valence-electron chi connectivity index (χ3n) is 5.83. The van der Waals surface area contributed by atoms with Gasteiger partial charge in [0.2, 0.25) is 0 Å². The highest BCUT2D eigenvalue weighted by atomic mass is 19.4. The number of ether oxygens (including phenoxy) is 1. The molecule has 38 heavy (non-hydrogen) atoms. The first-order valence-corrected chi connectivity index (χ1v) is 11.8. The van der Waals surface area contributed by atoms with E-state index in [2.05, 4.69) is 5.32 Å². The molecule has 4 aromatic rings. The number of nitrogens with one attached hydrogen (secondary N) is 1. The van der Waals surface area contributed by atoms with Crippen LogP contribution in [-0.4, -0.2) is 17.9 Å². The van der Waals surface area contributed by atoms with Crippen molar-refractivity contribution in [1.82, 2.24) is 10.2 Å². The van der Waals surface area contributed by atoms with E-state index in [4.69, 9.17) is 9.15 Å². The molecule has 0 unspecified atom stereocenters. The molecule has 1 amide bonds. The topological polar surface area (TPSA) is 54.7 Å². The molecular formula is C29H26F4N2O3. The molecule has 0 aliphatic heterocycles. The zero-order valence-corrected chi connectivity index (χ0v) is 20.6. The maximum Gasteiger partial charge on any atom is 0.416 e. The Bertz CT molecular complexity index is 1370. The van der Waals surface area contributed by atoms with Crippen LogP contribution in [0.3, 0.4) is 0 Å². The number of methoxy groups -OCH3 is 1. The summed E-state index contributed by atoms with van der Waals surface area (Å²) >= 11 is 0. The first kappa shape index (κ1) is 26.9. The molecule has 0 radical (unpaired) electrons. The number of benzene rings is 3. The van der Waals surface area contributed by atoms with Crippen molar-refractivity contribution in [3.63, 3.8) is 0 Å². The van der Waals surface area contributed by atoms with Crippen molar-refractivity contribution < 1.29 is 31.5 Å². The fraction of sp³-hybridized carbons (Fsp3) is 0.207. The van der Waals surface area contributed by atoms with Crippen molar-refractivity contribution in [2.24, 2.45) is 0 Å². The van der Waals surface area contributed by atoms with Gasteiger partial charge in [-0.05, 0) is 65.2 Å². The molecule has 5 nitrogen and oxygen atoms in total. The number of rotatable bonds is 10. The average molecular weight is 527 g/mol. The minimum Gasteiger partial charge on any atom is -0.497 e. The first-order valence-electron chi connectivity index (χ1n) is 11.8. The van der Waals surface area contributed by atoms with E-state index in [0.29, 0.717) is 31.0 Å². The van der Waals surface area contributed by atoms with E-state index in [1.54, 1.807) is 19.2 Å². The highest BCUT2D eigenvalue weighted by Gasteiger charge is 2.30. The van der Waals surface area contributed by atoms with E-state index >= 15 is 0 Å². The molecule has 9 heteroatoms. The molecule has 0 aliphatic carbocycles. The van der Waals surface area contributed by atoms with Crippen LogP contribution in [0.2, 0.25) is 0 Å². The van der Waals surface area contributed by atoms with E-state index in [1.165, 1.54) is 30.3 Å². The number of halogens is 4. The predicted octanol–water partition coefficient (Wildman–Crippen LogP) is 6.58. The van der Waals surface area contributed by atoms with Gasteiger partial charge in [-0.3, -0.25) is 9.69 Å². The van der Waals surface area contributed by atoms with Gasteiger partial charge < -0.3 is 14.5 Å². The average Bonchev–Trinajstić information content (AvgIpc) is 3.36. The maximum atomic E-state index is 13.8. The summed E-state index contributed by atoms with van der Waals surface area (Å²) in [7, 11) is 1.59. The Morgan fingerprint density at radius 1 is 0.868 bits per heavy atom. The van der Waals surface area contributed by atoms with Gasteiger partial charge in [-0.15, -0.1) is 0 Å². The highest BCUT2D eigenvalue weighted by molar-refractivity contribution is 5.91. The molecule has 0 atom stereocenters. The quantitative estimate of drug-likeness (QED) is 0.237. The smallest absolute Gasteiger partial charge is 0.416 e. The van der Waals surface area contributed by atoms with Gasteiger partial charge in [0.05, 0.1) is 19.2 Å². The van der Waals surface area contributed by atoms with Gasteiger partial charge in [-0.1, -0.05) is 36.4 Å². The highest BCUT2D eigenvalue weighted by Crippen LogP contribution is 2.29. The molecule has 0 saturated carbocycles. The van der Waals surface area contributed by atoms with Crippen LogP contribution < -0.4 is 10.1 Å². The number of carbonyl (C=O) groups is 1. The van der Waals surface area contributed by atoms with Crippen LogP contribution in [0.15, 0.2) is 89.3 Å². The van der Waals surface area contributed by atoms with Crippen molar-refractivity contribution >= 4 is 5.91 Å². The predicted molar refractivity (Wildman–Crippen MR) is 134 cm³/mol. The van der Waals surface area contributed by atoms with Crippen molar-refractivity contribution in [3.05, 3.63) is 125 Å². The Morgan fingerprint density at radius 2 is 1.58 bits per heavy atom. The van der Waals surface area contributed by atoms with Gasteiger partial charge >= 0.3 is 6.18 Å². The minimum atomic E-state index is -4.46. The van der Waals surface area contributed by atoms with Crippen LogP contribution >= 0.6 is 0 Å². The lowest BCUT2D eigenvalue weighted by Gasteiger charge is -2.22. The molecule has 0 saturated heterocycles. The normalized spacial score (nSPS) is 11.5. The zero-order chi connectivity index (χ0) is 27.1. The van der Waals surface area contributed by atoms with Crippen LogP contribution in [0, 0.1) is 5.82 Å². The third kappa shape index (κ3) is 7.45. The Balaban J connectivity index is 1.43. The van der Waals surface area contributed by atoms with Crippen molar-refractivity contribution in [3.8, 4) is 5.75 Å². The Kier molecular flexibility index (Phi) is 8.48. The lowest BCUT2D eigenvalue weighted by molar-refractivity contribution is -0.137. The molecule has 0 fully saturated rings. The number of hydrogen-bond donors (Lipinski definition) is 1. The van der Waals surface area contributed by atoms with Gasteiger partial charge in [-0.25, -0.2) is 4.39 Å². The van der Waals surface area contributed by atoms with Crippen LogP contribution in [0.1, 0.15) is 38.6 Å². The van der Waals surface area contributed by atoms with Crippen LogP contribution in [0.5, 0.6) is 5.75 Å². The molecule has 3 aromatic carbocycles. The molecule has 1 heterocycles. The molecule has 4 rings (SSSR count). The minimum absolute atomic E-state index is 0.0436. The van der Waals surface area contributed by atoms with Crippen LogP contribution in [0.4, 0.5) is 17.6 Å². The fourth-order valence-corrected chi connectivity index (χ4v) is 3.98. The molecule has 0 aliphatic rings. The van der Waals surface area contributed by atoms with Gasteiger partial charge in [0.15, 0.2) is 5.76 Å². The number of hydrogen-bond acceptors (Lipinski definition) is 4. The van der Waals surface area contributed by atoms with Gasteiger partial charge in [-0.2, -0.15) is 13.2 Å². The standard InChI is InChI=1S/C29H26F4N2O3/c1-37-25-10-8-20(9-11-25)17-35(18-22-5-3-7-24(30)15-22)19-26-12-13-27(38-26)28(36)34-16-21-4-2-6-23(14-21)29(31,32)33/h2-15H,16-19H2,1H3,(H,34,36). The lowest BCUT2D eigenvalue weighted by atomic mass is 10.1. The van der Waals surface area contributed by atoms with Gasteiger partial charge in [0.25, 0.3) is 5.91 Å². The second-order valence-electron chi connectivity index (χ2n) is 8.77. The summed E-state index contributed by atoms with van der Waals surface area (Å²) in [4.78, 5) is 14.6. The number of alkyl halides is 3. The summed E-state index contributed by atoms with van der Waals surface area (Å²) in [5, 5.41) is 2.59. The first-order chi connectivity index (χ1) is 18.2. The van der Waals surface area contributed by atoms with Crippen molar-refractivity contribution in [2.45, 2.75) is 32.4 Å². The van der Waals surface area contributed by atoms with Crippen molar-refractivity contribution in [1.29, 1.82) is 0 Å². The summed E-state index contributed by atoms with van der Waals surface area (Å²) < 4.78 is 63.5. The molecular weight excluding hydrogens is 500 g/mol. The van der Waals surface area contributed by atoms with Gasteiger partial charge in [0, 0.05) is 19.6 Å². The summed E-state index contributed by atoms with van der Waals surface area (Å²) in [5.74, 6) is 0.420. The number of nitrogens with zero attached hydrogens (tertiary/aromatic N) is 1. The summed E-state index contributed by atoms with van der Waals surface area (Å²) in [6.07, 6.45) is -4.46. The van der Waals surface area contributed by atoms with Crippen LogP contribution in [0.25, 0.3) is 0 Å². The fourth-order valence-electron chi connectivity index (χ4n) is 3.98. The van der Waals surface area contributed by atoms with Crippen LogP contribution in [-0.2, 0) is 32.4 Å². The van der Waals surface area contributed by atoms with E-state index in [9.17, 15) is 22.4 Å². The van der Waals surface area contributed by atoms with Crippen molar-refractivity contribution in [2.75, 3.05) is 7.11 Å². The molecule has 0 spiro atoms. The summed E-state index contributed by atoms with van der Waals surface area (Å²) in [6.45, 7) is 1.21. The van der Waals surface area contributed by atoms with E-state index in [0.717, 1.165) is 29.0 Å². The number of amides is 1. The molecule has 198 valence electrons. The maximum absolute atomic E-state index is 13.8. The number of carbonyl (C=O) groups excluding carboxylic acids is 1. The second kappa shape index (κ2) is 12.0. The number of furan rings is 1. The SMILES string of the molecule is COc1ccc(CN(Cc2cccc(F)c2)Cc2ccc(C(=O)NCc3cccc(C(F)(F)F)c3)o2)cc1. The molecule has 1 N–H and O–H groups in total. The second-order valence-corrected chi connectivity index (χ2v) is 8.77. The van der Waals surface area contributed by atoms with E-state index in [1.807, 2.05) is 35.2 Å². The summed E-state index contributed by atoms with van der Waals surface area (Å²) in [5.41, 5.74) is 1.33. The Labute approximate surface area is 217 Å². The summed E-state index contributed by atoms with van der Waals surface area (Å²) in [6, 6.07) is 21.9. The lowest BCUT2D eigenvalue weighted by Crippen LogP contribution is -2.23. The Hall–Kier alpha value is -4.11. The van der Waals surface area contributed by atoms with E-state index in [-0.39, 0.29) is 18.1 Å². The van der Waals surface area contributed by atoms with E-state index < -0.39 is 17.6 Å². The largest absolute Gasteiger partial charge is 0.497 e. The molecule has 1 aromatic heterocycles.